The summed E-state index contributed by atoms with van der Waals surface area (Å²) in [6.45, 7) is 2.63. The first-order valence-electron chi connectivity index (χ1n) is 5.84. The molecule has 1 unspecified atom stereocenters. The molecule has 0 saturated heterocycles. The number of hydrogen-bond donors (Lipinski definition) is 2. The van der Waals surface area contributed by atoms with Crippen LogP contribution in [0, 0.1) is 0 Å². The average molecular weight is 257 g/mol. The largest absolute Gasteiger partial charge is 0.348 e. The molecule has 1 amide bonds. The van der Waals surface area contributed by atoms with Crippen molar-refractivity contribution in [3.05, 3.63) is 35.9 Å². The molecule has 1 aromatic carbocycles. The van der Waals surface area contributed by atoms with E-state index in [1.54, 1.807) is 0 Å². The summed E-state index contributed by atoms with van der Waals surface area (Å²) in [5, 5.41) is 2.95. The molecule has 3 nitrogen and oxygen atoms in total. The monoisotopic (exact) mass is 256 g/mol. The van der Waals surface area contributed by atoms with E-state index in [0.29, 0.717) is 12.1 Å². The molecular weight excluding hydrogens is 236 g/mol. The second-order valence-corrected chi connectivity index (χ2v) is 3.91. The molecule has 3 N–H and O–H groups in total. The lowest BCUT2D eigenvalue weighted by Gasteiger charge is -2.16. The lowest BCUT2D eigenvalue weighted by Crippen LogP contribution is -2.40. The van der Waals surface area contributed by atoms with Gasteiger partial charge in [0.15, 0.2) is 0 Å². The number of nitrogens with one attached hydrogen (secondary N) is 1. The van der Waals surface area contributed by atoms with Crippen molar-refractivity contribution < 1.29 is 4.79 Å². The van der Waals surface area contributed by atoms with Crippen molar-refractivity contribution in [2.45, 2.75) is 32.2 Å². The first-order valence-corrected chi connectivity index (χ1v) is 5.84. The third-order valence-corrected chi connectivity index (χ3v) is 2.56. The molecule has 4 heteroatoms. The number of amides is 1. The predicted octanol–water partition coefficient (Wildman–Crippen LogP) is 2.36. The van der Waals surface area contributed by atoms with Gasteiger partial charge in [-0.3, -0.25) is 4.79 Å². The zero-order valence-corrected chi connectivity index (χ0v) is 11.0. The van der Waals surface area contributed by atoms with Crippen molar-refractivity contribution in [3.63, 3.8) is 0 Å². The van der Waals surface area contributed by atoms with Crippen LogP contribution in [-0.4, -0.2) is 18.5 Å². The van der Waals surface area contributed by atoms with Gasteiger partial charge < -0.3 is 11.1 Å². The van der Waals surface area contributed by atoms with E-state index in [1.165, 1.54) is 0 Å². The summed E-state index contributed by atoms with van der Waals surface area (Å²) in [7, 11) is 0. The fourth-order valence-corrected chi connectivity index (χ4v) is 1.56. The number of hydrogen-bond acceptors (Lipinski definition) is 2. The Morgan fingerprint density at radius 2 is 2.00 bits per heavy atom. The molecule has 0 bridgehead atoms. The minimum absolute atomic E-state index is 0. The van der Waals surface area contributed by atoms with Crippen LogP contribution < -0.4 is 11.1 Å². The van der Waals surface area contributed by atoms with E-state index in [9.17, 15) is 4.79 Å². The summed E-state index contributed by atoms with van der Waals surface area (Å²) in [6.07, 6.45) is 3.17. The lowest BCUT2D eigenvalue weighted by molar-refractivity contribution is 0.0936. The molecule has 0 heterocycles. The molecule has 1 rings (SSSR count). The van der Waals surface area contributed by atoms with Gasteiger partial charge in [-0.25, -0.2) is 0 Å². The Morgan fingerprint density at radius 1 is 1.35 bits per heavy atom. The van der Waals surface area contributed by atoms with Gasteiger partial charge in [0.2, 0.25) is 0 Å². The highest BCUT2D eigenvalue weighted by atomic mass is 35.5. The van der Waals surface area contributed by atoms with Crippen molar-refractivity contribution in [2.24, 2.45) is 5.73 Å². The highest BCUT2D eigenvalue weighted by Crippen LogP contribution is 2.02. The van der Waals surface area contributed by atoms with Crippen LogP contribution in [0.15, 0.2) is 30.3 Å². The first kappa shape index (κ1) is 15.9. The zero-order valence-electron chi connectivity index (χ0n) is 10.2. The summed E-state index contributed by atoms with van der Waals surface area (Å²) in [4.78, 5) is 11.8. The summed E-state index contributed by atoms with van der Waals surface area (Å²) in [6, 6.07) is 9.32. The molecule has 0 aliphatic heterocycles. The first-order chi connectivity index (χ1) is 7.77. The second-order valence-electron chi connectivity index (χ2n) is 3.91. The number of carbonyl (C=O) groups is 1. The molecule has 0 aliphatic rings. The maximum Gasteiger partial charge on any atom is 0.251 e. The van der Waals surface area contributed by atoms with Crippen LogP contribution in [0.3, 0.4) is 0 Å². The fraction of sp³-hybridized carbons (Fsp3) is 0.462. The van der Waals surface area contributed by atoms with Gasteiger partial charge in [-0.2, -0.15) is 0 Å². The van der Waals surface area contributed by atoms with E-state index < -0.39 is 0 Å². The molecule has 0 fully saturated rings. The van der Waals surface area contributed by atoms with E-state index >= 15 is 0 Å². The summed E-state index contributed by atoms with van der Waals surface area (Å²) in [5.41, 5.74) is 6.32. The van der Waals surface area contributed by atoms with E-state index in [0.717, 1.165) is 19.3 Å². The summed E-state index contributed by atoms with van der Waals surface area (Å²) in [5.74, 6) is -0.0350. The van der Waals surface area contributed by atoms with E-state index in [4.69, 9.17) is 5.73 Å². The van der Waals surface area contributed by atoms with Gasteiger partial charge in [-0.05, 0) is 18.6 Å². The molecule has 0 saturated carbocycles. The van der Waals surface area contributed by atoms with Gasteiger partial charge in [0.1, 0.15) is 0 Å². The van der Waals surface area contributed by atoms with Crippen LogP contribution in [0.2, 0.25) is 0 Å². The Morgan fingerprint density at radius 3 is 2.53 bits per heavy atom. The highest BCUT2D eigenvalue weighted by Gasteiger charge is 2.11. The van der Waals surface area contributed by atoms with Gasteiger partial charge in [0, 0.05) is 18.2 Å². The van der Waals surface area contributed by atoms with Gasteiger partial charge in [0.05, 0.1) is 0 Å². The van der Waals surface area contributed by atoms with Crippen LogP contribution >= 0.6 is 12.4 Å². The van der Waals surface area contributed by atoms with E-state index in [-0.39, 0.29) is 24.4 Å². The lowest BCUT2D eigenvalue weighted by atomic mass is 10.1. The zero-order chi connectivity index (χ0) is 11.8. The third kappa shape index (κ3) is 5.71. The number of halogens is 1. The van der Waals surface area contributed by atoms with Crippen molar-refractivity contribution >= 4 is 18.3 Å². The SMILES string of the molecule is CCCCC(CN)NC(=O)c1ccccc1.Cl. The maximum atomic E-state index is 11.8. The van der Waals surface area contributed by atoms with E-state index in [2.05, 4.69) is 12.2 Å². The molecule has 0 spiro atoms. The Bertz CT molecular complexity index is 316. The quantitative estimate of drug-likeness (QED) is 0.821. The Labute approximate surface area is 109 Å². The standard InChI is InChI=1S/C13H20N2O.ClH/c1-2-3-9-12(10-14)15-13(16)11-7-5-4-6-8-11;/h4-8,12H,2-3,9-10,14H2,1H3,(H,15,16);1H. The molecule has 1 aromatic rings. The molecular formula is C13H21ClN2O. The molecule has 96 valence electrons. The van der Waals surface area contributed by atoms with Crippen LogP contribution in [0.5, 0.6) is 0 Å². The predicted molar refractivity (Wildman–Crippen MR) is 73.5 cm³/mol. The Hall–Kier alpha value is -1.06. The molecule has 17 heavy (non-hydrogen) atoms. The van der Waals surface area contributed by atoms with Crippen molar-refractivity contribution in [3.8, 4) is 0 Å². The van der Waals surface area contributed by atoms with Crippen LogP contribution in [0.25, 0.3) is 0 Å². The van der Waals surface area contributed by atoms with Crippen molar-refractivity contribution in [1.29, 1.82) is 0 Å². The van der Waals surface area contributed by atoms with Gasteiger partial charge in [0.25, 0.3) is 5.91 Å². The molecule has 0 aromatic heterocycles. The Balaban J connectivity index is 0.00000256. The number of nitrogens with two attached hydrogens (primary N) is 1. The van der Waals surface area contributed by atoms with Gasteiger partial charge >= 0.3 is 0 Å². The van der Waals surface area contributed by atoms with Gasteiger partial charge in [-0.15, -0.1) is 12.4 Å². The van der Waals surface area contributed by atoms with Crippen LogP contribution in [-0.2, 0) is 0 Å². The average Bonchev–Trinajstić information content (AvgIpc) is 2.35. The van der Waals surface area contributed by atoms with Crippen LogP contribution in [0.1, 0.15) is 36.5 Å². The highest BCUT2D eigenvalue weighted by molar-refractivity contribution is 5.94. The van der Waals surface area contributed by atoms with E-state index in [1.807, 2.05) is 30.3 Å². The number of benzene rings is 1. The van der Waals surface area contributed by atoms with Crippen LogP contribution in [0.4, 0.5) is 0 Å². The topological polar surface area (TPSA) is 55.1 Å². The molecule has 0 aliphatic carbocycles. The van der Waals surface area contributed by atoms with Crippen molar-refractivity contribution in [1.82, 2.24) is 5.32 Å². The summed E-state index contributed by atoms with van der Waals surface area (Å²) < 4.78 is 0. The number of unbranched alkanes of at least 4 members (excludes halogenated alkanes) is 1. The minimum Gasteiger partial charge on any atom is -0.348 e. The van der Waals surface area contributed by atoms with Gasteiger partial charge in [-0.1, -0.05) is 38.0 Å². The molecule has 0 radical (unpaired) electrons. The molecule has 1 atom stereocenters. The maximum absolute atomic E-state index is 11.8. The second kappa shape index (κ2) is 9.02. The summed E-state index contributed by atoms with van der Waals surface area (Å²) >= 11 is 0. The third-order valence-electron chi connectivity index (χ3n) is 2.56. The number of rotatable bonds is 6. The normalized spacial score (nSPS) is 11.4. The Kier molecular flexibility index (Phi) is 8.46. The van der Waals surface area contributed by atoms with Crippen molar-refractivity contribution in [2.75, 3.05) is 6.54 Å². The number of carbonyl (C=O) groups excluding carboxylic acids is 1. The smallest absolute Gasteiger partial charge is 0.251 e. The fourth-order valence-electron chi connectivity index (χ4n) is 1.56. The minimum atomic E-state index is -0.0350.